The fourth-order valence-corrected chi connectivity index (χ4v) is 2.35. The highest BCUT2D eigenvalue weighted by Crippen LogP contribution is 2.36. The van der Waals surface area contributed by atoms with Gasteiger partial charge in [-0.3, -0.25) is 4.79 Å². The first-order valence-electron chi connectivity index (χ1n) is 5.92. The molecule has 1 heterocycles. The molecule has 1 aliphatic rings. The molecule has 0 amide bonds. The molecule has 18 heavy (non-hydrogen) atoms. The van der Waals surface area contributed by atoms with Crippen molar-refractivity contribution < 1.29 is 4.79 Å². The minimum Gasteiger partial charge on any atom is -0.357 e. The number of aromatic nitrogens is 2. The highest BCUT2D eigenvalue weighted by atomic mass is 16.1. The van der Waals surface area contributed by atoms with E-state index in [1.807, 2.05) is 30.3 Å². The van der Waals surface area contributed by atoms with Gasteiger partial charge in [0.1, 0.15) is 0 Å². The third-order valence-electron chi connectivity index (χ3n) is 3.26. The van der Waals surface area contributed by atoms with Crippen LogP contribution in [0.4, 0.5) is 5.95 Å². The van der Waals surface area contributed by atoms with E-state index >= 15 is 0 Å². The lowest BCUT2D eigenvalue weighted by molar-refractivity contribution is 0.0991. The van der Waals surface area contributed by atoms with E-state index in [9.17, 15) is 4.79 Å². The molecule has 3 rings (SSSR count). The predicted octanol–water partition coefficient (Wildman–Crippen LogP) is 2.24. The number of carbonyl (C=O) groups is 1. The lowest BCUT2D eigenvalue weighted by Crippen LogP contribution is -2.03. The van der Waals surface area contributed by atoms with Gasteiger partial charge >= 0.3 is 0 Å². The van der Waals surface area contributed by atoms with E-state index in [0.717, 1.165) is 11.3 Å². The number of hydrogen-bond acceptors (Lipinski definition) is 4. The summed E-state index contributed by atoms with van der Waals surface area (Å²) in [5.41, 5.74) is 2.62. The Balaban J connectivity index is 2.10. The molecule has 1 unspecified atom stereocenters. The van der Waals surface area contributed by atoms with Gasteiger partial charge in [0.15, 0.2) is 5.78 Å². The molecule has 1 N–H and O–H groups in total. The van der Waals surface area contributed by atoms with Crippen LogP contribution >= 0.6 is 0 Å². The Labute approximate surface area is 105 Å². The number of anilines is 1. The Kier molecular flexibility index (Phi) is 2.55. The minimum atomic E-state index is 0.0591. The van der Waals surface area contributed by atoms with Gasteiger partial charge in [-0.05, 0) is 5.56 Å². The van der Waals surface area contributed by atoms with E-state index < -0.39 is 0 Å². The molecule has 0 aliphatic heterocycles. The van der Waals surface area contributed by atoms with Crippen LogP contribution in [0.5, 0.6) is 0 Å². The highest BCUT2D eigenvalue weighted by molar-refractivity contribution is 6.01. The molecule has 1 aromatic carbocycles. The fraction of sp³-hybridized carbons (Fsp3) is 0.214. The van der Waals surface area contributed by atoms with Crippen molar-refractivity contribution >= 4 is 11.7 Å². The standard InChI is InChI=1S/C14H13N3O/c1-15-14-16-8-11-12(18)7-10(13(11)17-14)9-5-3-2-4-6-9/h2-6,8,10H,7H2,1H3,(H,15,16,17). The number of carbonyl (C=O) groups excluding carboxylic acids is 1. The minimum absolute atomic E-state index is 0.0591. The zero-order valence-corrected chi connectivity index (χ0v) is 10.1. The van der Waals surface area contributed by atoms with Crippen molar-refractivity contribution in [3.8, 4) is 0 Å². The number of benzene rings is 1. The number of nitrogens with one attached hydrogen (secondary N) is 1. The Bertz CT molecular complexity index is 595. The first kappa shape index (κ1) is 10.9. The van der Waals surface area contributed by atoms with Gasteiger partial charge in [-0.15, -0.1) is 0 Å². The second-order valence-corrected chi connectivity index (χ2v) is 4.33. The molecular formula is C14H13N3O. The maximum atomic E-state index is 11.9. The van der Waals surface area contributed by atoms with Crippen LogP contribution in [0.1, 0.15) is 34.0 Å². The monoisotopic (exact) mass is 239 g/mol. The van der Waals surface area contributed by atoms with E-state index in [1.54, 1.807) is 13.2 Å². The van der Waals surface area contributed by atoms with Crippen molar-refractivity contribution in [2.45, 2.75) is 12.3 Å². The second kappa shape index (κ2) is 4.22. The summed E-state index contributed by atoms with van der Waals surface area (Å²) in [6.45, 7) is 0. The fourth-order valence-electron chi connectivity index (χ4n) is 2.35. The zero-order valence-electron chi connectivity index (χ0n) is 10.1. The molecule has 4 heteroatoms. The SMILES string of the molecule is CNc1ncc2c(n1)C(c1ccccc1)CC2=O. The van der Waals surface area contributed by atoms with Gasteiger partial charge < -0.3 is 5.32 Å². The Morgan fingerprint density at radius 2 is 2.06 bits per heavy atom. The van der Waals surface area contributed by atoms with E-state index in [1.165, 1.54) is 0 Å². The largest absolute Gasteiger partial charge is 0.357 e. The van der Waals surface area contributed by atoms with Crippen molar-refractivity contribution in [2.24, 2.45) is 0 Å². The smallest absolute Gasteiger partial charge is 0.222 e. The lowest BCUT2D eigenvalue weighted by Gasteiger charge is -2.10. The Hall–Kier alpha value is -2.23. The number of nitrogens with zero attached hydrogens (tertiary/aromatic N) is 2. The van der Waals surface area contributed by atoms with Gasteiger partial charge in [0.2, 0.25) is 5.95 Å². The topological polar surface area (TPSA) is 54.9 Å². The van der Waals surface area contributed by atoms with Crippen LogP contribution in [0.15, 0.2) is 36.5 Å². The Morgan fingerprint density at radius 3 is 2.78 bits per heavy atom. The number of hydrogen-bond donors (Lipinski definition) is 1. The average Bonchev–Trinajstić information content (AvgIpc) is 2.76. The van der Waals surface area contributed by atoms with Crippen molar-refractivity contribution in [3.63, 3.8) is 0 Å². The van der Waals surface area contributed by atoms with E-state index in [0.29, 0.717) is 17.9 Å². The summed E-state index contributed by atoms with van der Waals surface area (Å²) in [6.07, 6.45) is 2.11. The van der Waals surface area contributed by atoms with Gasteiger partial charge in [0, 0.05) is 25.6 Å². The van der Waals surface area contributed by atoms with Crippen LogP contribution in [0.3, 0.4) is 0 Å². The third-order valence-corrected chi connectivity index (χ3v) is 3.26. The first-order chi connectivity index (χ1) is 8.79. The van der Waals surface area contributed by atoms with E-state index in [2.05, 4.69) is 15.3 Å². The summed E-state index contributed by atoms with van der Waals surface area (Å²) in [6, 6.07) is 10.0. The first-order valence-corrected chi connectivity index (χ1v) is 5.92. The maximum Gasteiger partial charge on any atom is 0.222 e. The van der Waals surface area contributed by atoms with Crippen LogP contribution < -0.4 is 5.32 Å². The number of ketones is 1. The molecule has 1 atom stereocenters. The zero-order chi connectivity index (χ0) is 12.5. The highest BCUT2D eigenvalue weighted by Gasteiger charge is 2.32. The molecule has 0 fully saturated rings. The molecule has 1 aromatic heterocycles. The maximum absolute atomic E-state index is 11.9. The van der Waals surface area contributed by atoms with Crippen molar-refractivity contribution in [3.05, 3.63) is 53.3 Å². The Morgan fingerprint density at radius 1 is 1.28 bits per heavy atom. The van der Waals surface area contributed by atoms with E-state index in [4.69, 9.17) is 0 Å². The summed E-state index contributed by atoms with van der Waals surface area (Å²) in [5, 5.41) is 2.91. The van der Waals surface area contributed by atoms with Crippen molar-refractivity contribution in [1.82, 2.24) is 9.97 Å². The quantitative estimate of drug-likeness (QED) is 0.873. The van der Waals surface area contributed by atoms with Gasteiger partial charge in [-0.25, -0.2) is 9.97 Å². The molecule has 0 saturated heterocycles. The summed E-state index contributed by atoms with van der Waals surface area (Å²) in [7, 11) is 1.77. The molecule has 0 spiro atoms. The number of Topliss-reactive ketones (excluding diaryl/α,β-unsaturated/α-hetero) is 1. The molecule has 4 nitrogen and oxygen atoms in total. The van der Waals surface area contributed by atoms with Crippen LogP contribution in [-0.4, -0.2) is 22.8 Å². The lowest BCUT2D eigenvalue weighted by atomic mass is 9.97. The van der Waals surface area contributed by atoms with Crippen LogP contribution in [0.2, 0.25) is 0 Å². The van der Waals surface area contributed by atoms with Gasteiger partial charge in [0.25, 0.3) is 0 Å². The third kappa shape index (κ3) is 1.66. The normalized spacial score (nSPS) is 17.6. The van der Waals surface area contributed by atoms with Gasteiger partial charge in [-0.1, -0.05) is 30.3 Å². The molecular weight excluding hydrogens is 226 g/mol. The van der Waals surface area contributed by atoms with Gasteiger partial charge in [0.05, 0.1) is 11.3 Å². The summed E-state index contributed by atoms with van der Waals surface area (Å²) < 4.78 is 0. The number of rotatable bonds is 2. The van der Waals surface area contributed by atoms with Crippen LogP contribution in [0.25, 0.3) is 0 Å². The summed E-state index contributed by atoms with van der Waals surface area (Å²) >= 11 is 0. The van der Waals surface area contributed by atoms with Crippen molar-refractivity contribution in [1.29, 1.82) is 0 Å². The molecule has 1 aliphatic carbocycles. The molecule has 90 valence electrons. The average molecular weight is 239 g/mol. The van der Waals surface area contributed by atoms with Gasteiger partial charge in [-0.2, -0.15) is 0 Å². The molecule has 0 saturated carbocycles. The molecule has 0 bridgehead atoms. The van der Waals surface area contributed by atoms with Crippen molar-refractivity contribution in [2.75, 3.05) is 12.4 Å². The summed E-state index contributed by atoms with van der Waals surface area (Å²) in [5.74, 6) is 0.745. The van der Waals surface area contributed by atoms with E-state index in [-0.39, 0.29) is 11.7 Å². The number of fused-ring (bicyclic) bond motifs is 1. The van der Waals surface area contributed by atoms with Crippen LogP contribution in [-0.2, 0) is 0 Å². The summed E-state index contributed by atoms with van der Waals surface area (Å²) in [4.78, 5) is 20.5. The van der Waals surface area contributed by atoms with Crippen LogP contribution in [0, 0.1) is 0 Å². The molecule has 2 aromatic rings. The second-order valence-electron chi connectivity index (χ2n) is 4.33. The molecule has 0 radical (unpaired) electrons. The predicted molar refractivity (Wildman–Crippen MR) is 68.8 cm³/mol.